The van der Waals surface area contributed by atoms with Crippen LogP contribution in [0, 0.1) is 5.82 Å². The maximum absolute atomic E-state index is 12.8. The summed E-state index contributed by atoms with van der Waals surface area (Å²) < 4.78 is 18.2. The second-order valence-corrected chi connectivity index (χ2v) is 3.81. The molecular formula is C15H14FNO. The largest absolute Gasteiger partial charge is 0.487 e. The Bertz CT molecular complexity index is 537. The third-order valence-corrected chi connectivity index (χ3v) is 2.42. The predicted molar refractivity (Wildman–Crippen MR) is 71.8 cm³/mol. The second-order valence-electron chi connectivity index (χ2n) is 3.81. The van der Waals surface area contributed by atoms with Gasteiger partial charge in [0.2, 0.25) is 0 Å². The summed E-state index contributed by atoms with van der Waals surface area (Å²) in [6.07, 6.45) is 3.85. The molecule has 3 heteroatoms. The minimum atomic E-state index is -0.361. The van der Waals surface area contributed by atoms with E-state index in [4.69, 9.17) is 10.5 Å². The van der Waals surface area contributed by atoms with Crippen molar-refractivity contribution in [3.63, 3.8) is 0 Å². The highest BCUT2D eigenvalue weighted by Gasteiger charge is 2.00. The molecule has 2 rings (SSSR count). The molecule has 2 N–H and O–H groups in total. The molecule has 0 amide bonds. The van der Waals surface area contributed by atoms with Crippen LogP contribution in [-0.2, 0) is 0 Å². The van der Waals surface area contributed by atoms with Gasteiger partial charge in [0.05, 0.1) is 5.69 Å². The summed E-state index contributed by atoms with van der Waals surface area (Å²) in [6, 6.07) is 14.0. The van der Waals surface area contributed by atoms with Crippen molar-refractivity contribution in [3.8, 4) is 5.75 Å². The SMILES string of the molecule is Nc1cc(F)ccc1OCC=Cc1ccccc1. The van der Waals surface area contributed by atoms with Crippen molar-refractivity contribution in [2.75, 3.05) is 12.3 Å². The van der Waals surface area contributed by atoms with Crippen LogP contribution in [0.1, 0.15) is 5.56 Å². The summed E-state index contributed by atoms with van der Waals surface area (Å²) in [4.78, 5) is 0. The zero-order valence-corrected chi connectivity index (χ0v) is 9.84. The summed E-state index contributed by atoms with van der Waals surface area (Å²) in [5.74, 6) is 0.133. The molecule has 0 bridgehead atoms. The first-order valence-corrected chi connectivity index (χ1v) is 5.65. The maximum atomic E-state index is 12.8. The van der Waals surface area contributed by atoms with Gasteiger partial charge < -0.3 is 10.5 Å². The zero-order valence-electron chi connectivity index (χ0n) is 9.84. The van der Waals surface area contributed by atoms with Crippen LogP contribution >= 0.6 is 0 Å². The van der Waals surface area contributed by atoms with Gasteiger partial charge in [0, 0.05) is 6.07 Å². The van der Waals surface area contributed by atoms with E-state index in [9.17, 15) is 4.39 Å². The molecule has 2 aromatic rings. The van der Waals surface area contributed by atoms with Crippen molar-refractivity contribution >= 4 is 11.8 Å². The van der Waals surface area contributed by atoms with Crippen molar-refractivity contribution in [1.29, 1.82) is 0 Å². The molecule has 0 fully saturated rings. The topological polar surface area (TPSA) is 35.2 Å². The molecule has 18 heavy (non-hydrogen) atoms. The van der Waals surface area contributed by atoms with Gasteiger partial charge in [-0.3, -0.25) is 0 Å². The highest BCUT2D eigenvalue weighted by atomic mass is 19.1. The van der Waals surface area contributed by atoms with Crippen molar-refractivity contribution in [1.82, 2.24) is 0 Å². The van der Waals surface area contributed by atoms with E-state index in [2.05, 4.69) is 0 Å². The minimum absolute atomic E-state index is 0.308. The molecule has 0 atom stereocenters. The number of nitrogen functional groups attached to an aromatic ring is 1. The van der Waals surface area contributed by atoms with E-state index in [1.807, 2.05) is 42.5 Å². The van der Waals surface area contributed by atoms with E-state index in [0.717, 1.165) is 5.56 Å². The summed E-state index contributed by atoms with van der Waals surface area (Å²) in [5, 5.41) is 0. The third-order valence-electron chi connectivity index (χ3n) is 2.42. The Kier molecular flexibility index (Phi) is 3.97. The van der Waals surface area contributed by atoms with Gasteiger partial charge >= 0.3 is 0 Å². The van der Waals surface area contributed by atoms with Crippen molar-refractivity contribution in [2.45, 2.75) is 0 Å². The van der Waals surface area contributed by atoms with Crippen LogP contribution in [0.3, 0.4) is 0 Å². The van der Waals surface area contributed by atoms with Crippen molar-refractivity contribution in [3.05, 3.63) is 66.0 Å². The molecule has 2 nitrogen and oxygen atoms in total. The molecule has 0 aliphatic rings. The fourth-order valence-electron chi connectivity index (χ4n) is 1.54. The van der Waals surface area contributed by atoms with Crippen molar-refractivity contribution in [2.24, 2.45) is 0 Å². The van der Waals surface area contributed by atoms with E-state index in [-0.39, 0.29) is 5.82 Å². The molecule has 2 aromatic carbocycles. The Morgan fingerprint density at radius 1 is 1.11 bits per heavy atom. The molecule has 92 valence electrons. The van der Waals surface area contributed by atoms with Gasteiger partial charge in [-0.1, -0.05) is 36.4 Å². The standard InChI is InChI=1S/C15H14FNO/c16-13-8-9-15(14(17)11-13)18-10-4-7-12-5-2-1-3-6-12/h1-9,11H,10,17H2. The van der Waals surface area contributed by atoms with Gasteiger partial charge in [-0.15, -0.1) is 0 Å². The molecule has 0 spiro atoms. The molecular weight excluding hydrogens is 229 g/mol. The fraction of sp³-hybridized carbons (Fsp3) is 0.0667. The molecule has 0 unspecified atom stereocenters. The highest BCUT2D eigenvalue weighted by molar-refractivity contribution is 5.53. The normalized spacial score (nSPS) is 10.7. The Hall–Kier alpha value is -2.29. The van der Waals surface area contributed by atoms with E-state index in [1.54, 1.807) is 0 Å². The second kappa shape index (κ2) is 5.87. The molecule has 0 saturated carbocycles. The lowest BCUT2D eigenvalue weighted by Gasteiger charge is -2.06. The van der Waals surface area contributed by atoms with E-state index >= 15 is 0 Å². The molecule has 0 aliphatic heterocycles. The number of halogens is 1. The highest BCUT2D eigenvalue weighted by Crippen LogP contribution is 2.21. The lowest BCUT2D eigenvalue weighted by Crippen LogP contribution is -1.98. The van der Waals surface area contributed by atoms with Crippen LogP contribution in [0.15, 0.2) is 54.6 Å². The van der Waals surface area contributed by atoms with Crippen LogP contribution in [0.5, 0.6) is 5.75 Å². The lowest BCUT2D eigenvalue weighted by atomic mass is 10.2. The maximum Gasteiger partial charge on any atom is 0.142 e. The van der Waals surface area contributed by atoms with Crippen LogP contribution in [-0.4, -0.2) is 6.61 Å². The average molecular weight is 243 g/mol. The number of anilines is 1. The first-order valence-electron chi connectivity index (χ1n) is 5.65. The van der Waals surface area contributed by atoms with Gasteiger partial charge in [-0.25, -0.2) is 4.39 Å². The number of hydrogen-bond donors (Lipinski definition) is 1. The monoisotopic (exact) mass is 243 g/mol. The van der Waals surface area contributed by atoms with Gasteiger partial charge in [0.1, 0.15) is 18.2 Å². The van der Waals surface area contributed by atoms with Gasteiger partial charge in [-0.2, -0.15) is 0 Å². The van der Waals surface area contributed by atoms with Crippen LogP contribution < -0.4 is 10.5 Å². The number of nitrogens with two attached hydrogens (primary N) is 1. The lowest BCUT2D eigenvalue weighted by molar-refractivity contribution is 0.365. The van der Waals surface area contributed by atoms with Gasteiger partial charge in [0.25, 0.3) is 0 Å². The third kappa shape index (κ3) is 3.35. The van der Waals surface area contributed by atoms with E-state index < -0.39 is 0 Å². The summed E-state index contributed by atoms with van der Waals surface area (Å²) >= 11 is 0. The minimum Gasteiger partial charge on any atom is -0.487 e. The molecule has 0 saturated heterocycles. The smallest absolute Gasteiger partial charge is 0.142 e. The Morgan fingerprint density at radius 2 is 1.89 bits per heavy atom. The predicted octanol–water partition coefficient (Wildman–Crippen LogP) is 3.50. The summed E-state index contributed by atoms with van der Waals surface area (Å²) in [6.45, 7) is 0.394. The first-order chi connectivity index (χ1) is 8.75. The van der Waals surface area contributed by atoms with Gasteiger partial charge in [0.15, 0.2) is 0 Å². The number of rotatable bonds is 4. The summed E-state index contributed by atoms with van der Waals surface area (Å²) in [5.41, 5.74) is 7.04. The molecule has 0 aromatic heterocycles. The Morgan fingerprint density at radius 3 is 2.61 bits per heavy atom. The van der Waals surface area contributed by atoms with E-state index in [1.165, 1.54) is 18.2 Å². The molecule has 0 heterocycles. The molecule has 0 radical (unpaired) electrons. The fourth-order valence-corrected chi connectivity index (χ4v) is 1.54. The number of ether oxygens (including phenoxy) is 1. The van der Waals surface area contributed by atoms with Gasteiger partial charge in [-0.05, 0) is 23.8 Å². The Labute approximate surface area is 106 Å². The van der Waals surface area contributed by atoms with Crippen molar-refractivity contribution < 1.29 is 9.13 Å². The number of benzene rings is 2. The molecule has 0 aliphatic carbocycles. The van der Waals surface area contributed by atoms with E-state index in [0.29, 0.717) is 18.0 Å². The first kappa shape index (κ1) is 12.2. The zero-order chi connectivity index (χ0) is 12.8. The van der Waals surface area contributed by atoms with Crippen LogP contribution in [0.2, 0.25) is 0 Å². The number of hydrogen-bond acceptors (Lipinski definition) is 2. The Balaban J connectivity index is 1.91. The summed E-state index contributed by atoms with van der Waals surface area (Å²) in [7, 11) is 0. The average Bonchev–Trinajstić information content (AvgIpc) is 2.38. The quantitative estimate of drug-likeness (QED) is 0.834. The van der Waals surface area contributed by atoms with Crippen LogP contribution in [0.4, 0.5) is 10.1 Å². The van der Waals surface area contributed by atoms with Crippen LogP contribution in [0.25, 0.3) is 6.08 Å².